The van der Waals surface area contributed by atoms with Gasteiger partial charge in [0.15, 0.2) is 16.7 Å². The summed E-state index contributed by atoms with van der Waals surface area (Å²) in [4.78, 5) is 27.0. The van der Waals surface area contributed by atoms with Gasteiger partial charge in [0.2, 0.25) is 0 Å². The highest BCUT2D eigenvalue weighted by Crippen LogP contribution is 2.34. The number of benzene rings is 2. The molecule has 5 aromatic rings. The first-order valence-corrected chi connectivity index (χ1v) is 15.0. The van der Waals surface area contributed by atoms with Crippen LogP contribution in [-0.2, 0) is 17.9 Å². The maximum absolute atomic E-state index is 13.7. The van der Waals surface area contributed by atoms with E-state index in [1.54, 1.807) is 35.6 Å². The fourth-order valence-electron chi connectivity index (χ4n) is 4.60. The third-order valence-electron chi connectivity index (χ3n) is 6.68. The van der Waals surface area contributed by atoms with Crippen LogP contribution in [0.3, 0.4) is 0 Å². The number of hydrogen-bond acceptors (Lipinski definition) is 8. The first kappa shape index (κ1) is 27.6. The normalized spacial score (nSPS) is 14.6. The molecular formula is C30H25FN6O3S2. The van der Waals surface area contributed by atoms with Gasteiger partial charge in [0.25, 0.3) is 11.8 Å². The average molecular weight is 601 g/mol. The Labute approximate surface area is 249 Å². The van der Waals surface area contributed by atoms with Gasteiger partial charge in [0, 0.05) is 6.42 Å². The molecule has 0 saturated heterocycles. The van der Waals surface area contributed by atoms with Crippen molar-refractivity contribution in [3.8, 4) is 0 Å². The molecule has 0 unspecified atom stereocenters. The highest BCUT2D eigenvalue weighted by molar-refractivity contribution is 7.99. The van der Waals surface area contributed by atoms with E-state index >= 15 is 0 Å². The summed E-state index contributed by atoms with van der Waals surface area (Å²) >= 11 is 2.82. The number of aromatic nitrogens is 3. The van der Waals surface area contributed by atoms with Crippen molar-refractivity contribution in [1.29, 1.82) is 0 Å². The van der Waals surface area contributed by atoms with Crippen LogP contribution in [0.5, 0.6) is 0 Å². The number of carbonyl (C=O) groups excluding carboxylic acids is 2. The first-order chi connectivity index (χ1) is 20.5. The van der Waals surface area contributed by atoms with Gasteiger partial charge in [-0.15, -0.1) is 21.5 Å². The van der Waals surface area contributed by atoms with Crippen LogP contribution in [0.4, 0.5) is 4.39 Å². The van der Waals surface area contributed by atoms with Crippen LogP contribution in [0.15, 0.2) is 105 Å². The highest BCUT2D eigenvalue weighted by atomic mass is 32.2. The fraction of sp³-hybridized carbons (Fsp3) is 0.167. The summed E-state index contributed by atoms with van der Waals surface area (Å²) in [5.41, 5.74) is 2.65. The largest absolute Gasteiger partial charge is 0.459 e. The maximum atomic E-state index is 13.7. The predicted molar refractivity (Wildman–Crippen MR) is 158 cm³/mol. The number of halogens is 1. The number of thiophene rings is 1. The maximum Gasteiger partial charge on any atom is 0.287 e. The van der Waals surface area contributed by atoms with Crippen molar-refractivity contribution in [2.24, 2.45) is 5.10 Å². The molecule has 1 aliphatic heterocycles. The molecule has 2 aromatic carbocycles. The number of hydrazone groups is 1. The highest BCUT2D eigenvalue weighted by Gasteiger charge is 2.33. The van der Waals surface area contributed by atoms with Crippen molar-refractivity contribution >= 4 is 40.6 Å². The predicted octanol–water partition coefficient (Wildman–Crippen LogP) is 5.52. The summed E-state index contributed by atoms with van der Waals surface area (Å²) in [6.45, 7) is 0.583. The van der Waals surface area contributed by atoms with Gasteiger partial charge in [0.05, 0.1) is 41.7 Å². The number of furan rings is 1. The van der Waals surface area contributed by atoms with Crippen molar-refractivity contribution in [2.45, 2.75) is 30.7 Å². The quantitative estimate of drug-likeness (QED) is 0.212. The smallest absolute Gasteiger partial charge is 0.287 e. The molecule has 4 heterocycles. The van der Waals surface area contributed by atoms with Crippen molar-refractivity contribution in [3.63, 3.8) is 0 Å². The number of hydrogen-bond donors (Lipinski definition) is 1. The number of nitrogens with one attached hydrogen (secondary N) is 1. The van der Waals surface area contributed by atoms with Crippen LogP contribution in [0.1, 0.15) is 44.8 Å². The van der Waals surface area contributed by atoms with E-state index in [1.165, 1.54) is 35.2 Å². The van der Waals surface area contributed by atoms with Crippen molar-refractivity contribution < 1.29 is 18.4 Å². The molecule has 0 radical (unpaired) electrons. The monoisotopic (exact) mass is 600 g/mol. The molecule has 3 aromatic heterocycles. The van der Waals surface area contributed by atoms with Gasteiger partial charge in [-0.05, 0) is 46.8 Å². The summed E-state index contributed by atoms with van der Waals surface area (Å²) in [6.07, 6.45) is 1.97. The van der Waals surface area contributed by atoms with Crippen molar-refractivity contribution in [2.75, 3.05) is 5.75 Å². The minimum absolute atomic E-state index is 0.0601. The molecule has 42 heavy (non-hydrogen) atoms. The lowest BCUT2D eigenvalue weighted by Crippen LogP contribution is -2.28. The van der Waals surface area contributed by atoms with E-state index in [2.05, 4.69) is 15.5 Å². The van der Waals surface area contributed by atoms with E-state index in [0.717, 1.165) is 21.7 Å². The van der Waals surface area contributed by atoms with E-state index in [1.807, 2.05) is 52.4 Å². The van der Waals surface area contributed by atoms with Crippen LogP contribution >= 0.6 is 23.1 Å². The van der Waals surface area contributed by atoms with E-state index < -0.39 is 0 Å². The molecule has 0 saturated carbocycles. The zero-order chi connectivity index (χ0) is 28.9. The zero-order valence-corrected chi connectivity index (χ0v) is 23.9. The molecule has 12 heteroatoms. The molecule has 0 fully saturated rings. The lowest BCUT2D eigenvalue weighted by molar-refractivity contribution is -0.130. The van der Waals surface area contributed by atoms with E-state index in [-0.39, 0.29) is 41.7 Å². The summed E-state index contributed by atoms with van der Waals surface area (Å²) in [5, 5.41) is 20.2. The number of rotatable bonds is 10. The van der Waals surface area contributed by atoms with Crippen LogP contribution in [0.2, 0.25) is 0 Å². The molecule has 0 spiro atoms. The third-order valence-corrected chi connectivity index (χ3v) is 8.55. The number of thioether (sulfide) groups is 1. The Morgan fingerprint density at radius 1 is 1.02 bits per heavy atom. The average Bonchev–Trinajstić information content (AvgIpc) is 3.83. The molecule has 0 bridgehead atoms. The van der Waals surface area contributed by atoms with Gasteiger partial charge < -0.3 is 14.3 Å². The molecule has 2 amide bonds. The zero-order valence-electron chi connectivity index (χ0n) is 22.2. The lowest BCUT2D eigenvalue weighted by Gasteiger charge is -2.22. The summed E-state index contributed by atoms with van der Waals surface area (Å²) < 4.78 is 20.7. The SMILES string of the molecule is O=C(NCc1nnc(SCC(=O)N2N=C(c3cccs3)C[C@H]2c2ccc(F)cc2)n1Cc1ccccc1)c1ccco1. The molecule has 0 aliphatic carbocycles. The Balaban J connectivity index is 1.21. The standard InChI is InChI=1S/C30H25FN6O3S2/c31-22-12-10-21(11-13-22)24-16-23(26-9-5-15-41-26)35-37(24)28(38)19-42-30-34-33-27(17-32-29(39)25-8-4-14-40-25)36(30)18-20-6-2-1-3-7-20/h1-15,24H,16-19H2,(H,32,39)/t24-/m0/s1. The van der Waals surface area contributed by atoms with E-state index in [4.69, 9.17) is 9.52 Å². The molecule has 1 aliphatic rings. The summed E-state index contributed by atoms with van der Waals surface area (Å²) in [5.74, 6) is -0.102. The fourth-order valence-corrected chi connectivity index (χ4v) is 6.13. The molecule has 9 nitrogen and oxygen atoms in total. The molecule has 6 rings (SSSR count). The topological polar surface area (TPSA) is 106 Å². The number of amides is 2. The van der Waals surface area contributed by atoms with E-state index in [0.29, 0.717) is 23.9 Å². The Bertz CT molecular complexity index is 1690. The Morgan fingerprint density at radius 3 is 2.60 bits per heavy atom. The second kappa shape index (κ2) is 12.5. The van der Waals surface area contributed by atoms with Crippen LogP contribution < -0.4 is 5.32 Å². The van der Waals surface area contributed by atoms with Crippen LogP contribution in [0.25, 0.3) is 0 Å². The Morgan fingerprint density at radius 2 is 1.86 bits per heavy atom. The van der Waals surface area contributed by atoms with Crippen LogP contribution in [-0.4, -0.2) is 43.1 Å². The molecule has 1 N–H and O–H groups in total. The molecular weight excluding hydrogens is 576 g/mol. The minimum atomic E-state index is -0.362. The van der Waals surface area contributed by atoms with Gasteiger partial charge >= 0.3 is 0 Å². The minimum Gasteiger partial charge on any atom is -0.459 e. The van der Waals surface area contributed by atoms with Gasteiger partial charge in [-0.1, -0.05) is 60.3 Å². The van der Waals surface area contributed by atoms with E-state index in [9.17, 15) is 14.0 Å². The van der Waals surface area contributed by atoms with Gasteiger partial charge in [-0.3, -0.25) is 9.59 Å². The van der Waals surface area contributed by atoms with Gasteiger partial charge in [0.1, 0.15) is 5.82 Å². The second-order valence-corrected chi connectivity index (χ2v) is 11.3. The van der Waals surface area contributed by atoms with Gasteiger partial charge in [-0.25, -0.2) is 9.40 Å². The Kier molecular flexibility index (Phi) is 8.24. The first-order valence-electron chi connectivity index (χ1n) is 13.1. The third kappa shape index (κ3) is 6.19. The number of nitrogens with zero attached hydrogens (tertiary/aromatic N) is 5. The van der Waals surface area contributed by atoms with Crippen LogP contribution in [0, 0.1) is 5.82 Å². The summed E-state index contributed by atoms with van der Waals surface area (Å²) in [6, 6.07) is 22.8. The summed E-state index contributed by atoms with van der Waals surface area (Å²) in [7, 11) is 0. The molecule has 1 atom stereocenters. The van der Waals surface area contributed by atoms with Gasteiger partial charge in [-0.2, -0.15) is 5.10 Å². The van der Waals surface area contributed by atoms with Crippen molar-refractivity contribution in [3.05, 3.63) is 124 Å². The lowest BCUT2D eigenvalue weighted by atomic mass is 10.0. The Hall–Kier alpha value is -4.55. The van der Waals surface area contributed by atoms with Crippen molar-refractivity contribution in [1.82, 2.24) is 25.1 Å². The second-order valence-electron chi connectivity index (χ2n) is 9.45. The number of carbonyl (C=O) groups is 2. The molecule has 212 valence electrons.